The quantitative estimate of drug-likeness (QED) is 0.876. The van der Waals surface area contributed by atoms with Crippen LogP contribution >= 0.6 is 15.9 Å². The molecule has 1 saturated heterocycles. The molecule has 1 aromatic carbocycles. The fraction of sp³-hybridized carbons (Fsp3) is 0.625. The number of nitrogens with two attached hydrogens (primary N) is 1. The highest BCUT2D eigenvalue weighted by atomic mass is 79.9. The van der Waals surface area contributed by atoms with Crippen LogP contribution in [0.5, 0.6) is 0 Å². The second-order valence-corrected chi connectivity index (χ2v) is 7.06. The van der Waals surface area contributed by atoms with Gasteiger partial charge in [0.15, 0.2) is 0 Å². The third-order valence-corrected chi connectivity index (χ3v) is 5.04. The van der Waals surface area contributed by atoms with Crippen molar-refractivity contribution < 1.29 is 0 Å². The van der Waals surface area contributed by atoms with Crippen LogP contribution in [0.4, 0.5) is 5.69 Å². The smallest absolute Gasteiger partial charge is 0.0513 e. The standard InChI is InChI=1S/C16H25BrN2/c1-10-7-11(2)13(4)19(9-10)16-6-5-14(12(3)18)8-15(16)17/h5-6,8,10-13H,7,9,18H2,1-4H3. The monoisotopic (exact) mass is 324 g/mol. The van der Waals surface area contributed by atoms with E-state index < -0.39 is 0 Å². The number of rotatable bonds is 2. The SMILES string of the molecule is CC1CC(C)C(C)N(c2ccc(C(C)N)cc2Br)C1. The molecular formula is C16H25BrN2. The summed E-state index contributed by atoms with van der Waals surface area (Å²) in [5, 5.41) is 0. The van der Waals surface area contributed by atoms with Crippen LogP contribution in [0.25, 0.3) is 0 Å². The minimum atomic E-state index is 0.0852. The van der Waals surface area contributed by atoms with E-state index in [2.05, 4.69) is 59.8 Å². The van der Waals surface area contributed by atoms with Gasteiger partial charge >= 0.3 is 0 Å². The molecule has 3 heteroatoms. The Morgan fingerprint density at radius 1 is 1.32 bits per heavy atom. The minimum absolute atomic E-state index is 0.0852. The van der Waals surface area contributed by atoms with Crippen LogP contribution in [0.1, 0.15) is 45.7 Å². The Morgan fingerprint density at radius 2 is 2.00 bits per heavy atom. The van der Waals surface area contributed by atoms with E-state index in [-0.39, 0.29) is 6.04 Å². The van der Waals surface area contributed by atoms with Crippen molar-refractivity contribution in [1.82, 2.24) is 0 Å². The number of anilines is 1. The zero-order chi connectivity index (χ0) is 14.2. The summed E-state index contributed by atoms with van der Waals surface area (Å²) in [6.07, 6.45) is 1.33. The maximum atomic E-state index is 5.95. The van der Waals surface area contributed by atoms with Crippen molar-refractivity contribution >= 4 is 21.6 Å². The summed E-state index contributed by atoms with van der Waals surface area (Å²) in [5.41, 5.74) is 8.43. The first-order valence-electron chi connectivity index (χ1n) is 7.21. The lowest BCUT2D eigenvalue weighted by atomic mass is 9.85. The van der Waals surface area contributed by atoms with Crippen molar-refractivity contribution in [2.24, 2.45) is 17.6 Å². The zero-order valence-corrected chi connectivity index (χ0v) is 13.9. The summed E-state index contributed by atoms with van der Waals surface area (Å²) in [6.45, 7) is 10.2. The molecule has 1 aliphatic rings. The number of benzene rings is 1. The van der Waals surface area contributed by atoms with Crippen molar-refractivity contribution in [3.63, 3.8) is 0 Å². The number of hydrogen-bond acceptors (Lipinski definition) is 2. The fourth-order valence-electron chi connectivity index (χ4n) is 3.07. The summed E-state index contributed by atoms with van der Waals surface area (Å²) in [4.78, 5) is 2.54. The van der Waals surface area contributed by atoms with Crippen molar-refractivity contribution in [3.05, 3.63) is 28.2 Å². The molecule has 0 saturated carbocycles. The molecule has 0 spiro atoms. The Hall–Kier alpha value is -0.540. The van der Waals surface area contributed by atoms with E-state index in [4.69, 9.17) is 5.73 Å². The first-order chi connectivity index (χ1) is 8.90. The third kappa shape index (κ3) is 3.14. The molecule has 2 N–H and O–H groups in total. The highest BCUT2D eigenvalue weighted by Crippen LogP contribution is 2.36. The molecule has 1 aromatic rings. The first kappa shape index (κ1) is 14.9. The van der Waals surface area contributed by atoms with Crippen LogP contribution in [0.2, 0.25) is 0 Å². The molecule has 1 fully saturated rings. The molecule has 106 valence electrons. The highest BCUT2D eigenvalue weighted by molar-refractivity contribution is 9.10. The van der Waals surface area contributed by atoms with Crippen LogP contribution in [-0.2, 0) is 0 Å². The lowest BCUT2D eigenvalue weighted by molar-refractivity contribution is 0.297. The average Bonchev–Trinajstić information content (AvgIpc) is 2.33. The summed E-state index contributed by atoms with van der Waals surface area (Å²) in [5.74, 6) is 1.50. The molecule has 4 unspecified atom stereocenters. The van der Waals surface area contributed by atoms with Gasteiger partial charge in [0.05, 0.1) is 5.69 Å². The molecule has 0 aromatic heterocycles. The predicted octanol–water partition coefficient (Wildman–Crippen LogP) is 4.34. The van der Waals surface area contributed by atoms with E-state index in [1.807, 2.05) is 6.92 Å². The Labute approximate surface area is 125 Å². The maximum absolute atomic E-state index is 5.95. The normalized spacial score (nSPS) is 29.4. The first-order valence-corrected chi connectivity index (χ1v) is 8.01. The van der Waals surface area contributed by atoms with Gasteiger partial charge in [-0.3, -0.25) is 0 Å². The van der Waals surface area contributed by atoms with Gasteiger partial charge < -0.3 is 10.6 Å². The summed E-state index contributed by atoms with van der Waals surface area (Å²) < 4.78 is 1.16. The van der Waals surface area contributed by atoms with Gasteiger partial charge in [0, 0.05) is 23.1 Å². The Balaban J connectivity index is 2.30. The van der Waals surface area contributed by atoms with E-state index in [1.54, 1.807) is 0 Å². The van der Waals surface area contributed by atoms with Gasteiger partial charge in [0.1, 0.15) is 0 Å². The van der Waals surface area contributed by atoms with E-state index >= 15 is 0 Å². The van der Waals surface area contributed by atoms with Crippen molar-refractivity contribution in [1.29, 1.82) is 0 Å². The van der Waals surface area contributed by atoms with Crippen LogP contribution in [-0.4, -0.2) is 12.6 Å². The minimum Gasteiger partial charge on any atom is -0.367 e. The zero-order valence-electron chi connectivity index (χ0n) is 12.4. The Kier molecular flexibility index (Phi) is 4.57. The molecule has 1 heterocycles. The van der Waals surface area contributed by atoms with E-state index in [9.17, 15) is 0 Å². The summed E-state index contributed by atoms with van der Waals surface area (Å²) in [7, 11) is 0. The van der Waals surface area contributed by atoms with Gasteiger partial charge in [-0.1, -0.05) is 19.9 Å². The van der Waals surface area contributed by atoms with Crippen LogP contribution < -0.4 is 10.6 Å². The van der Waals surface area contributed by atoms with Gasteiger partial charge in [-0.15, -0.1) is 0 Å². The molecule has 2 nitrogen and oxygen atoms in total. The molecule has 2 rings (SSSR count). The van der Waals surface area contributed by atoms with Gasteiger partial charge in [0.2, 0.25) is 0 Å². The molecule has 0 radical (unpaired) electrons. The number of nitrogens with zero attached hydrogens (tertiary/aromatic N) is 1. The van der Waals surface area contributed by atoms with Gasteiger partial charge in [-0.25, -0.2) is 0 Å². The average molecular weight is 325 g/mol. The van der Waals surface area contributed by atoms with Crippen LogP contribution in [0.3, 0.4) is 0 Å². The lowest BCUT2D eigenvalue weighted by Gasteiger charge is -2.43. The lowest BCUT2D eigenvalue weighted by Crippen LogP contribution is -2.46. The molecule has 0 amide bonds. The molecular weight excluding hydrogens is 300 g/mol. The van der Waals surface area contributed by atoms with E-state index in [1.165, 1.54) is 17.7 Å². The largest absolute Gasteiger partial charge is 0.367 e. The van der Waals surface area contributed by atoms with Crippen molar-refractivity contribution in [3.8, 4) is 0 Å². The Morgan fingerprint density at radius 3 is 2.58 bits per heavy atom. The van der Waals surface area contributed by atoms with Crippen LogP contribution in [0, 0.1) is 11.8 Å². The number of piperidine rings is 1. The second kappa shape index (κ2) is 5.84. The van der Waals surface area contributed by atoms with E-state index in [0.29, 0.717) is 6.04 Å². The van der Waals surface area contributed by atoms with Gasteiger partial charge in [-0.05, 0) is 65.7 Å². The predicted molar refractivity (Wildman–Crippen MR) is 86.5 cm³/mol. The second-order valence-electron chi connectivity index (χ2n) is 6.21. The number of hydrogen-bond donors (Lipinski definition) is 1. The van der Waals surface area contributed by atoms with Gasteiger partial charge in [0.25, 0.3) is 0 Å². The number of halogens is 1. The summed E-state index contributed by atoms with van der Waals surface area (Å²) in [6, 6.07) is 7.21. The van der Waals surface area contributed by atoms with Crippen molar-refractivity contribution in [2.45, 2.75) is 46.2 Å². The molecule has 1 aliphatic heterocycles. The van der Waals surface area contributed by atoms with Crippen molar-refractivity contribution in [2.75, 3.05) is 11.4 Å². The van der Waals surface area contributed by atoms with E-state index in [0.717, 1.165) is 22.9 Å². The molecule has 19 heavy (non-hydrogen) atoms. The Bertz CT molecular complexity index is 444. The topological polar surface area (TPSA) is 29.3 Å². The summed E-state index contributed by atoms with van der Waals surface area (Å²) >= 11 is 3.72. The molecule has 0 bridgehead atoms. The van der Waals surface area contributed by atoms with Crippen LogP contribution in [0.15, 0.2) is 22.7 Å². The highest BCUT2D eigenvalue weighted by Gasteiger charge is 2.29. The fourth-order valence-corrected chi connectivity index (χ4v) is 3.70. The maximum Gasteiger partial charge on any atom is 0.0513 e. The molecule has 0 aliphatic carbocycles. The van der Waals surface area contributed by atoms with Gasteiger partial charge in [-0.2, -0.15) is 0 Å². The molecule has 4 atom stereocenters. The third-order valence-electron chi connectivity index (χ3n) is 4.40.